The standard InChI is InChI=1S/C14H13BrN2O2/c1-9(15)10-4-2-3-5-12(10)17-14(19)11-6-7-16-8-13(11)18/h2-9,18H,1H3,(H,17,19). The van der Waals surface area contributed by atoms with Gasteiger partial charge in [0, 0.05) is 16.7 Å². The summed E-state index contributed by atoms with van der Waals surface area (Å²) in [5.74, 6) is -0.495. The monoisotopic (exact) mass is 320 g/mol. The van der Waals surface area contributed by atoms with E-state index in [9.17, 15) is 9.90 Å². The molecule has 0 radical (unpaired) electrons. The van der Waals surface area contributed by atoms with Crippen LogP contribution in [0.1, 0.15) is 27.7 Å². The average molecular weight is 321 g/mol. The number of benzene rings is 1. The second-order valence-corrected chi connectivity index (χ2v) is 5.42. The fourth-order valence-electron chi connectivity index (χ4n) is 1.73. The lowest BCUT2D eigenvalue weighted by atomic mass is 10.1. The number of rotatable bonds is 3. The van der Waals surface area contributed by atoms with Crippen LogP contribution < -0.4 is 5.32 Å². The van der Waals surface area contributed by atoms with E-state index in [1.165, 1.54) is 18.5 Å². The first-order chi connectivity index (χ1) is 9.09. The van der Waals surface area contributed by atoms with Crippen molar-refractivity contribution in [3.8, 4) is 5.75 Å². The van der Waals surface area contributed by atoms with Crippen LogP contribution in [-0.4, -0.2) is 16.0 Å². The van der Waals surface area contributed by atoms with Gasteiger partial charge in [-0.3, -0.25) is 9.78 Å². The molecule has 0 aliphatic carbocycles. The molecule has 0 fully saturated rings. The number of nitrogens with one attached hydrogen (secondary N) is 1. The van der Waals surface area contributed by atoms with Gasteiger partial charge in [0.25, 0.3) is 5.91 Å². The first kappa shape index (κ1) is 13.5. The zero-order valence-corrected chi connectivity index (χ0v) is 11.9. The van der Waals surface area contributed by atoms with E-state index in [-0.39, 0.29) is 22.0 Å². The summed E-state index contributed by atoms with van der Waals surface area (Å²) in [6.07, 6.45) is 2.71. The van der Waals surface area contributed by atoms with E-state index < -0.39 is 0 Å². The van der Waals surface area contributed by atoms with Gasteiger partial charge >= 0.3 is 0 Å². The number of aromatic nitrogens is 1. The molecule has 0 aliphatic heterocycles. The van der Waals surface area contributed by atoms with Crippen molar-refractivity contribution >= 4 is 27.5 Å². The highest BCUT2D eigenvalue weighted by atomic mass is 79.9. The van der Waals surface area contributed by atoms with E-state index in [1.54, 1.807) is 0 Å². The molecule has 1 aromatic heterocycles. The molecule has 2 rings (SSSR count). The maximum atomic E-state index is 12.1. The molecule has 4 nitrogen and oxygen atoms in total. The van der Waals surface area contributed by atoms with Gasteiger partial charge in [0.1, 0.15) is 5.75 Å². The van der Waals surface area contributed by atoms with Crippen molar-refractivity contribution in [3.05, 3.63) is 53.9 Å². The molecule has 5 heteroatoms. The minimum absolute atomic E-state index is 0.120. The number of nitrogens with zero attached hydrogens (tertiary/aromatic N) is 1. The number of hydrogen-bond acceptors (Lipinski definition) is 3. The molecule has 0 saturated heterocycles. The van der Waals surface area contributed by atoms with Crippen molar-refractivity contribution in [2.75, 3.05) is 5.32 Å². The number of alkyl halides is 1. The minimum atomic E-state index is -0.361. The Labute approximate surface area is 119 Å². The minimum Gasteiger partial charge on any atom is -0.505 e. The van der Waals surface area contributed by atoms with Gasteiger partial charge in [0.2, 0.25) is 0 Å². The largest absolute Gasteiger partial charge is 0.505 e. The molecule has 2 N–H and O–H groups in total. The van der Waals surface area contributed by atoms with Crippen LogP contribution in [-0.2, 0) is 0 Å². The van der Waals surface area contributed by atoms with E-state index in [0.29, 0.717) is 5.69 Å². The molecule has 1 unspecified atom stereocenters. The third-order valence-electron chi connectivity index (χ3n) is 2.68. The Bertz CT molecular complexity index is 600. The lowest BCUT2D eigenvalue weighted by molar-refractivity contribution is 0.102. The first-order valence-electron chi connectivity index (χ1n) is 5.77. The number of halogens is 1. The van der Waals surface area contributed by atoms with Gasteiger partial charge in [-0.2, -0.15) is 0 Å². The Balaban J connectivity index is 2.27. The Morgan fingerprint density at radius 3 is 2.79 bits per heavy atom. The average Bonchev–Trinajstić information content (AvgIpc) is 2.39. The fraction of sp³-hybridized carbons (Fsp3) is 0.143. The van der Waals surface area contributed by atoms with Crippen LogP contribution in [0.2, 0.25) is 0 Å². The molecule has 19 heavy (non-hydrogen) atoms. The Kier molecular flexibility index (Phi) is 4.16. The van der Waals surface area contributed by atoms with Crippen molar-refractivity contribution in [1.29, 1.82) is 0 Å². The molecule has 1 heterocycles. The van der Waals surface area contributed by atoms with Crippen LogP contribution in [0.15, 0.2) is 42.7 Å². The van der Waals surface area contributed by atoms with Crippen LogP contribution in [0.25, 0.3) is 0 Å². The maximum Gasteiger partial charge on any atom is 0.259 e. The summed E-state index contributed by atoms with van der Waals surface area (Å²) in [4.78, 5) is 16.0. The third-order valence-corrected chi connectivity index (χ3v) is 3.18. The number of amides is 1. The molecule has 0 saturated carbocycles. The Hall–Kier alpha value is -1.88. The van der Waals surface area contributed by atoms with Gasteiger partial charge in [-0.25, -0.2) is 0 Å². The molecule has 1 aromatic carbocycles. The van der Waals surface area contributed by atoms with Crippen molar-refractivity contribution in [2.24, 2.45) is 0 Å². The summed E-state index contributed by atoms with van der Waals surface area (Å²) < 4.78 is 0. The van der Waals surface area contributed by atoms with Crippen LogP contribution in [0, 0.1) is 0 Å². The maximum absolute atomic E-state index is 12.1. The number of carbonyl (C=O) groups excluding carboxylic acids is 1. The lowest BCUT2D eigenvalue weighted by Gasteiger charge is -2.13. The molecule has 2 aromatic rings. The number of carbonyl (C=O) groups is 1. The molecule has 0 aliphatic rings. The van der Waals surface area contributed by atoms with E-state index >= 15 is 0 Å². The quantitative estimate of drug-likeness (QED) is 0.851. The van der Waals surface area contributed by atoms with Crippen LogP contribution >= 0.6 is 15.9 Å². The Morgan fingerprint density at radius 2 is 2.11 bits per heavy atom. The summed E-state index contributed by atoms with van der Waals surface area (Å²) in [7, 11) is 0. The highest BCUT2D eigenvalue weighted by molar-refractivity contribution is 9.09. The van der Waals surface area contributed by atoms with Gasteiger partial charge in [-0.1, -0.05) is 34.1 Å². The van der Waals surface area contributed by atoms with Gasteiger partial charge in [0.05, 0.1) is 11.8 Å². The summed E-state index contributed by atoms with van der Waals surface area (Å²) in [6, 6.07) is 8.99. The van der Waals surface area contributed by atoms with Crippen molar-refractivity contribution < 1.29 is 9.90 Å². The van der Waals surface area contributed by atoms with Gasteiger partial charge in [-0.15, -0.1) is 0 Å². The summed E-state index contributed by atoms with van der Waals surface area (Å²) in [6.45, 7) is 1.98. The second-order valence-electron chi connectivity index (χ2n) is 4.05. The highest BCUT2D eigenvalue weighted by Crippen LogP contribution is 2.29. The molecular weight excluding hydrogens is 308 g/mol. The summed E-state index contributed by atoms with van der Waals surface area (Å²) >= 11 is 3.48. The Morgan fingerprint density at radius 1 is 1.37 bits per heavy atom. The number of aromatic hydroxyl groups is 1. The zero-order valence-electron chi connectivity index (χ0n) is 10.3. The fourth-order valence-corrected chi connectivity index (χ4v) is 2.12. The highest BCUT2D eigenvalue weighted by Gasteiger charge is 2.14. The third kappa shape index (κ3) is 3.12. The van der Waals surface area contributed by atoms with Gasteiger partial charge in [0.15, 0.2) is 0 Å². The second kappa shape index (κ2) is 5.84. The number of para-hydroxylation sites is 1. The van der Waals surface area contributed by atoms with Crippen LogP contribution in [0.3, 0.4) is 0 Å². The molecule has 1 atom stereocenters. The van der Waals surface area contributed by atoms with E-state index in [0.717, 1.165) is 5.56 Å². The summed E-state index contributed by atoms with van der Waals surface area (Å²) in [5, 5.41) is 12.4. The normalized spacial score (nSPS) is 11.9. The molecule has 0 bridgehead atoms. The van der Waals surface area contributed by atoms with E-state index in [4.69, 9.17) is 0 Å². The number of hydrogen-bond donors (Lipinski definition) is 2. The first-order valence-corrected chi connectivity index (χ1v) is 6.68. The van der Waals surface area contributed by atoms with Crippen molar-refractivity contribution in [2.45, 2.75) is 11.8 Å². The predicted molar refractivity (Wildman–Crippen MR) is 77.6 cm³/mol. The number of pyridine rings is 1. The van der Waals surface area contributed by atoms with Gasteiger partial charge in [-0.05, 0) is 24.6 Å². The van der Waals surface area contributed by atoms with Crippen LogP contribution in [0.4, 0.5) is 5.69 Å². The summed E-state index contributed by atoms with van der Waals surface area (Å²) in [5.41, 5.74) is 1.89. The van der Waals surface area contributed by atoms with E-state index in [1.807, 2.05) is 31.2 Å². The van der Waals surface area contributed by atoms with Crippen LogP contribution in [0.5, 0.6) is 5.75 Å². The van der Waals surface area contributed by atoms with Crippen molar-refractivity contribution in [3.63, 3.8) is 0 Å². The SMILES string of the molecule is CC(Br)c1ccccc1NC(=O)c1ccncc1O. The smallest absolute Gasteiger partial charge is 0.259 e. The van der Waals surface area contributed by atoms with Gasteiger partial charge < -0.3 is 10.4 Å². The number of anilines is 1. The predicted octanol–water partition coefficient (Wildman–Crippen LogP) is 3.50. The molecular formula is C14H13BrN2O2. The molecule has 0 spiro atoms. The topological polar surface area (TPSA) is 62.2 Å². The molecule has 98 valence electrons. The lowest BCUT2D eigenvalue weighted by Crippen LogP contribution is -2.13. The van der Waals surface area contributed by atoms with Crippen molar-refractivity contribution in [1.82, 2.24) is 4.98 Å². The zero-order chi connectivity index (χ0) is 13.8. The van der Waals surface area contributed by atoms with E-state index in [2.05, 4.69) is 26.2 Å². The molecule has 1 amide bonds.